The van der Waals surface area contributed by atoms with Gasteiger partial charge in [0, 0.05) is 13.2 Å². The normalized spacial score (nSPS) is 15.2. The minimum absolute atomic E-state index is 0.136. The van der Waals surface area contributed by atoms with Crippen molar-refractivity contribution in [2.24, 2.45) is 0 Å². The van der Waals surface area contributed by atoms with Crippen LogP contribution in [0, 0.1) is 12.3 Å². The second-order valence-corrected chi connectivity index (χ2v) is 3.00. The molecule has 0 saturated carbocycles. The average molecular weight is 169 g/mol. The molecule has 0 aromatic heterocycles. The highest BCUT2D eigenvalue weighted by Crippen LogP contribution is 1.98. The van der Waals surface area contributed by atoms with Crippen LogP contribution in [-0.4, -0.2) is 25.8 Å². The molecule has 0 aliphatic rings. The molecule has 0 fully saturated rings. The summed E-state index contributed by atoms with van der Waals surface area (Å²) >= 11 is 0. The number of methoxy groups -OCH3 is 1. The van der Waals surface area contributed by atoms with Crippen LogP contribution < -0.4 is 5.32 Å². The van der Waals surface area contributed by atoms with Crippen LogP contribution in [0.25, 0.3) is 0 Å². The van der Waals surface area contributed by atoms with Gasteiger partial charge >= 0.3 is 0 Å². The van der Waals surface area contributed by atoms with Crippen molar-refractivity contribution in [1.82, 2.24) is 5.32 Å². The van der Waals surface area contributed by atoms with E-state index in [1.807, 2.05) is 6.92 Å². The zero-order valence-electron chi connectivity index (χ0n) is 8.26. The molecule has 0 spiro atoms. The molecule has 1 N–H and O–H groups in total. The standard InChI is InChI=1S/C10H19NO/c1-5-7-10(8-12-4)11-9(3)6-2/h2,9-11H,5,7-8H2,1,3-4H3. The van der Waals surface area contributed by atoms with E-state index in [1.54, 1.807) is 7.11 Å². The van der Waals surface area contributed by atoms with Crippen LogP contribution in [0.4, 0.5) is 0 Å². The van der Waals surface area contributed by atoms with E-state index < -0.39 is 0 Å². The fourth-order valence-electron chi connectivity index (χ4n) is 1.17. The number of nitrogens with one attached hydrogen (secondary N) is 1. The molecule has 2 nitrogen and oxygen atoms in total. The summed E-state index contributed by atoms with van der Waals surface area (Å²) in [7, 11) is 1.71. The summed E-state index contributed by atoms with van der Waals surface area (Å²) in [5.74, 6) is 2.65. The summed E-state index contributed by atoms with van der Waals surface area (Å²) in [6.45, 7) is 4.88. The van der Waals surface area contributed by atoms with Gasteiger partial charge in [-0.1, -0.05) is 19.3 Å². The summed E-state index contributed by atoms with van der Waals surface area (Å²) in [5, 5.41) is 3.31. The van der Waals surface area contributed by atoms with E-state index in [1.165, 1.54) is 0 Å². The van der Waals surface area contributed by atoms with Crippen molar-refractivity contribution in [2.75, 3.05) is 13.7 Å². The predicted molar refractivity (Wildman–Crippen MR) is 52.0 cm³/mol. The van der Waals surface area contributed by atoms with E-state index in [4.69, 9.17) is 11.2 Å². The van der Waals surface area contributed by atoms with Gasteiger partial charge in [-0.25, -0.2) is 0 Å². The monoisotopic (exact) mass is 169 g/mol. The van der Waals surface area contributed by atoms with Gasteiger partial charge < -0.3 is 4.74 Å². The Morgan fingerprint density at radius 3 is 2.67 bits per heavy atom. The van der Waals surface area contributed by atoms with Gasteiger partial charge in [0.2, 0.25) is 0 Å². The molecular weight excluding hydrogens is 150 g/mol. The summed E-state index contributed by atoms with van der Waals surface area (Å²) in [5.41, 5.74) is 0. The van der Waals surface area contributed by atoms with Crippen molar-refractivity contribution >= 4 is 0 Å². The molecule has 0 bridgehead atoms. The molecule has 0 saturated heterocycles. The topological polar surface area (TPSA) is 21.3 Å². The zero-order valence-corrected chi connectivity index (χ0v) is 8.26. The molecular formula is C10H19NO. The first-order valence-electron chi connectivity index (χ1n) is 4.45. The summed E-state index contributed by atoms with van der Waals surface area (Å²) in [6, 6.07) is 0.530. The Bertz CT molecular complexity index is 133. The van der Waals surface area contributed by atoms with Crippen molar-refractivity contribution in [3.8, 4) is 12.3 Å². The summed E-state index contributed by atoms with van der Waals surface area (Å²) in [6.07, 6.45) is 7.52. The highest BCUT2D eigenvalue weighted by molar-refractivity contribution is 4.96. The van der Waals surface area contributed by atoms with E-state index in [0.717, 1.165) is 19.4 Å². The lowest BCUT2D eigenvalue weighted by atomic mass is 10.1. The van der Waals surface area contributed by atoms with Gasteiger partial charge in [-0.3, -0.25) is 5.32 Å². The third kappa shape index (κ3) is 5.17. The molecule has 2 heteroatoms. The first-order valence-corrected chi connectivity index (χ1v) is 4.45. The first-order chi connectivity index (χ1) is 5.74. The van der Waals surface area contributed by atoms with Crippen LogP contribution in [0.3, 0.4) is 0 Å². The smallest absolute Gasteiger partial charge is 0.0661 e. The molecule has 0 radical (unpaired) electrons. The number of hydrogen-bond acceptors (Lipinski definition) is 2. The Kier molecular flexibility index (Phi) is 6.84. The van der Waals surface area contributed by atoms with Crippen molar-refractivity contribution in [3.63, 3.8) is 0 Å². The van der Waals surface area contributed by atoms with Crippen LogP contribution in [0.2, 0.25) is 0 Å². The summed E-state index contributed by atoms with van der Waals surface area (Å²) < 4.78 is 5.07. The lowest BCUT2D eigenvalue weighted by molar-refractivity contribution is 0.160. The highest BCUT2D eigenvalue weighted by Gasteiger charge is 2.08. The van der Waals surface area contributed by atoms with Crippen LogP contribution in [0.1, 0.15) is 26.7 Å². The average Bonchev–Trinajstić information content (AvgIpc) is 2.05. The molecule has 0 aliphatic carbocycles. The Hall–Kier alpha value is -0.520. The predicted octanol–water partition coefficient (Wildman–Crippen LogP) is 1.41. The molecule has 2 unspecified atom stereocenters. The maximum atomic E-state index is 5.26. The molecule has 0 rings (SSSR count). The van der Waals surface area contributed by atoms with E-state index in [0.29, 0.717) is 6.04 Å². The van der Waals surface area contributed by atoms with Gasteiger partial charge in [0.15, 0.2) is 0 Å². The fraction of sp³-hybridized carbons (Fsp3) is 0.800. The van der Waals surface area contributed by atoms with Gasteiger partial charge in [0.05, 0.1) is 12.6 Å². The van der Waals surface area contributed by atoms with E-state index >= 15 is 0 Å². The second-order valence-electron chi connectivity index (χ2n) is 3.00. The summed E-state index contributed by atoms with van der Waals surface area (Å²) in [4.78, 5) is 0. The fourth-order valence-corrected chi connectivity index (χ4v) is 1.17. The Morgan fingerprint density at radius 2 is 2.25 bits per heavy atom. The Labute approximate surface area is 75.7 Å². The second kappa shape index (κ2) is 7.15. The van der Waals surface area contributed by atoms with Crippen LogP contribution in [0.15, 0.2) is 0 Å². The van der Waals surface area contributed by atoms with Crippen molar-refractivity contribution < 1.29 is 4.74 Å². The number of rotatable bonds is 6. The first kappa shape index (κ1) is 11.5. The SMILES string of the molecule is C#CC(C)NC(CCC)COC. The molecule has 0 heterocycles. The minimum Gasteiger partial charge on any atom is -0.383 e. The third-order valence-corrected chi connectivity index (χ3v) is 1.74. The lowest BCUT2D eigenvalue weighted by Gasteiger charge is -2.19. The van der Waals surface area contributed by atoms with E-state index in [9.17, 15) is 0 Å². The molecule has 12 heavy (non-hydrogen) atoms. The number of terminal acetylenes is 1. The van der Waals surface area contributed by atoms with Gasteiger partial charge in [0.25, 0.3) is 0 Å². The largest absolute Gasteiger partial charge is 0.383 e. The third-order valence-electron chi connectivity index (χ3n) is 1.74. The van der Waals surface area contributed by atoms with Crippen LogP contribution >= 0.6 is 0 Å². The van der Waals surface area contributed by atoms with E-state index in [2.05, 4.69) is 18.2 Å². The molecule has 2 atom stereocenters. The van der Waals surface area contributed by atoms with E-state index in [-0.39, 0.29) is 6.04 Å². The maximum Gasteiger partial charge on any atom is 0.0661 e. The van der Waals surface area contributed by atoms with Gasteiger partial charge in [-0.05, 0) is 13.3 Å². The number of ether oxygens (including phenoxy) is 1. The molecule has 0 aromatic rings. The van der Waals surface area contributed by atoms with Gasteiger partial charge in [-0.2, -0.15) is 0 Å². The lowest BCUT2D eigenvalue weighted by Crippen LogP contribution is -2.38. The van der Waals surface area contributed by atoms with Crippen LogP contribution in [0.5, 0.6) is 0 Å². The van der Waals surface area contributed by atoms with Crippen molar-refractivity contribution in [1.29, 1.82) is 0 Å². The zero-order chi connectivity index (χ0) is 9.40. The van der Waals surface area contributed by atoms with Crippen molar-refractivity contribution in [3.05, 3.63) is 0 Å². The Balaban J connectivity index is 3.70. The molecule has 0 amide bonds. The maximum absolute atomic E-state index is 5.26. The molecule has 70 valence electrons. The van der Waals surface area contributed by atoms with Crippen LogP contribution in [-0.2, 0) is 4.74 Å². The quantitative estimate of drug-likeness (QED) is 0.607. The van der Waals surface area contributed by atoms with Gasteiger partial charge in [-0.15, -0.1) is 6.42 Å². The number of hydrogen-bond donors (Lipinski definition) is 1. The minimum atomic E-state index is 0.136. The Morgan fingerprint density at radius 1 is 1.58 bits per heavy atom. The van der Waals surface area contributed by atoms with Gasteiger partial charge in [0.1, 0.15) is 0 Å². The van der Waals surface area contributed by atoms with Crippen molar-refractivity contribution in [2.45, 2.75) is 38.8 Å². The molecule has 0 aliphatic heterocycles. The highest BCUT2D eigenvalue weighted by atomic mass is 16.5. The molecule has 0 aromatic carbocycles.